The Kier molecular flexibility index (Phi) is 5.60. The van der Waals surface area contributed by atoms with Crippen molar-refractivity contribution in [3.8, 4) is 11.1 Å². The number of hydrogen-bond acceptors (Lipinski definition) is 6. The van der Waals surface area contributed by atoms with Crippen LogP contribution in [0.1, 0.15) is 26.0 Å². The Labute approximate surface area is 156 Å². The highest BCUT2D eigenvalue weighted by molar-refractivity contribution is 6.00. The van der Waals surface area contributed by atoms with Crippen molar-refractivity contribution < 1.29 is 9.63 Å². The van der Waals surface area contributed by atoms with Crippen molar-refractivity contribution in [1.82, 2.24) is 24.9 Å². The van der Waals surface area contributed by atoms with Gasteiger partial charge in [-0.2, -0.15) is 4.98 Å². The second-order valence-electron chi connectivity index (χ2n) is 5.63. The zero-order valence-electron chi connectivity index (χ0n) is 15.4. The van der Waals surface area contributed by atoms with E-state index in [4.69, 9.17) is 4.84 Å². The fourth-order valence-corrected chi connectivity index (χ4v) is 2.65. The second kappa shape index (κ2) is 8.26. The first-order valence-electron chi connectivity index (χ1n) is 8.62. The molecule has 3 aromatic rings. The van der Waals surface area contributed by atoms with Crippen molar-refractivity contribution in [2.75, 3.05) is 19.0 Å². The lowest BCUT2D eigenvalue weighted by atomic mass is 10.1. The fraction of sp³-hybridized carbons (Fsp3) is 0.278. The minimum Gasteiger partial charge on any atom is -0.399 e. The monoisotopic (exact) mass is 367 g/mol. The number of nitrogens with zero attached hydrogens (tertiary/aromatic N) is 5. The molecule has 0 saturated heterocycles. The molecule has 140 valence electrons. The summed E-state index contributed by atoms with van der Waals surface area (Å²) in [4.78, 5) is 25.4. The SMILES string of the molecule is CCNC(=O)Nc1nc2cc(-c3cccnc3)cc(/C(CC)=N/OC)n2n1. The van der Waals surface area contributed by atoms with E-state index in [2.05, 4.69) is 30.9 Å². The molecule has 0 radical (unpaired) electrons. The quantitative estimate of drug-likeness (QED) is 0.515. The van der Waals surface area contributed by atoms with E-state index in [-0.39, 0.29) is 12.0 Å². The van der Waals surface area contributed by atoms with Crippen molar-refractivity contribution in [3.63, 3.8) is 0 Å². The lowest BCUT2D eigenvalue weighted by Crippen LogP contribution is -2.28. The Morgan fingerprint density at radius 2 is 2.15 bits per heavy atom. The number of amides is 2. The van der Waals surface area contributed by atoms with Crippen molar-refractivity contribution in [2.45, 2.75) is 20.3 Å². The summed E-state index contributed by atoms with van der Waals surface area (Å²) in [6.07, 6.45) is 4.13. The molecule has 0 aliphatic rings. The Morgan fingerprint density at radius 1 is 1.30 bits per heavy atom. The molecule has 2 amide bonds. The third-order valence-corrected chi connectivity index (χ3v) is 3.83. The molecule has 0 unspecified atom stereocenters. The first kappa shape index (κ1) is 18.3. The van der Waals surface area contributed by atoms with Gasteiger partial charge in [0.1, 0.15) is 12.8 Å². The van der Waals surface area contributed by atoms with Crippen LogP contribution in [0.2, 0.25) is 0 Å². The lowest BCUT2D eigenvalue weighted by Gasteiger charge is -2.09. The average molecular weight is 367 g/mol. The van der Waals surface area contributed by atoms with Gasteiger partial charge in [-0.15, -0.1) is 5.10 Å². The largest absolute Gasteiger partial charge is 0.399 e. The Morgan fingerprint density at radius 3 is 2.81 bits per heavy atom. The van der Waals surface area contributed by atoms with Crippen LogP contribution in [-0.4, -0.2) is 45.0 Å². The summed E-state index contributed by atoms with van der Waals surface area (Å²) in [5.41, 5.74) is 3.88. The summed E-state index contributed by atoms with van der Waals surface area (Å²) >= 11 is 0. The molecule has 27 heavy (non-hydrogen) atoms. The van der Waals surface area contributed by atoms with Crippen LogP contribution in [0.4, 0.5) is 10.7 Å². The number of carbonyl (C=O) groups excluding carboxylic acids is 1. The van der Waals surface area contributed by atoms with Gasteiger partial charge in [-0.05, 0) is 37.1 Å². The van der Waals surface area contributed by atoms with E-state index in [9.17, 15) is 4.79 Å². The minimum atomic E-state index is -0.358. The normalized spacial score (nSPS) is 11.4. The molecule has 0 bridgehead atoms. The zero-order chi connectivity index (χ0) is 19.2. The molecule has 0 fully saturated rings. The van der Waals surface area contributed by atoms with Gasteiger partial charge in [-0.1, -0.05) is 18.1 Å². The van der Waals surface area contributed by atoms with Crippen LogP contribution in [0, 0.1) is 0 Å². The summed E-state index contributed by atoms with van der Waals surface area (Å²) < 4.78 is 1.64. The maximum atomic E-state index is 11.8. The van der Waals surface area contributed by atoms with Crippen LogP contribution in [0.5, 0.6) is 0 Å². The molecule has 9 nitrogen and oxygen atoms in total. The molecule has 0 atom stereocenters. The predicted octanol–water partition coefficient (Wildman–Crippen LogP) is 2.69. The van der Waals surface area contributed by atoms with Gasteiger partial charge < -0.3 is 10.2 Å². The first-order chi connectivity index (χ1) is 13.2. The number of aromatic nitrogens is 4. The Bertz CT molecular complexity index is 967. The molecule has 3 aromatic heterocycles. The van der Waals surface area contributed by atoms with Crippen molar-refractivity contribution in [3.05, 3.63) is 42.4 Å². The fourth-order valence-electron chi connectivity index (χ4n) is 2.65. The number of carbonyl (C=O) groups is 1. The van der Waals surface area contributed by atoms with Gasteiger partial charge in [0.15, 0.2) is 5.65 Å². The lowest BCUT2D eigenvalue weighted by molar-refractivity contribution is 0.213. The number of oxime groups is 1. The van der Waals surface area contributed by atoms with Crippen molar-refractivity contribution >= 4 is 23.3 Å². The van der Waals surface area contributed by atoms with Gasteiger partial charge in [0.25, 0.3) is 5.95 Å². The number of hydrogen-bond donors (Lipinski definition) is 2. The van der Waals surface area contributed by atoms with Gasteiger partial charge in [0.05, 0.1) is 5.69 Å². The van der Waals surface area contributed by atoms with Crippen LogP contribution >= 0.6 is 0 Å². The number of nitrogens with one attached hydrogen (secondary N) is 2. The average Bonchev–Trinajstić information content (AvgIpc) is 3.08. The molecule has 0 saturated carbocycles. The highest BCUT2D eigenvalue weighted by Gasteiger charge is 2.16. The zero-order valence-corrected chi connectivity index (χ0v) is 15.4. The molecule has 2 N–H and O–H groups in total. The summed E-state index contributed by atoms with van der Waals surface area (Å²) in [7, 11) is 1.50. The van der Waals surface area contributed by atoms with Gasteiger partial charge in [0.2, 0.25) is 0 Å². The molecule has 9 heteroatoms. The number of pyridine rings is 2. The number of anilines is 1. The maximum Gasteiger partial charge on any atom is 0.321 e. The molecule has 3 heterocycles. The van der Waals surface area contributed by atoms with E-state index in [1.165, 1.54) is 7.11 Å². The van der Waals surface area contributed by atoms with Crippen LogP contribution in [0.25, 0.3) is 16.8 Å². The van der Waals surface area contributed by atoms with E-state index in [0.717, 1.165) is 16.8 Å². The molecule has 0 aromatic carbocycles. The van der Waals surface area contributed by atoms with Crippen molar-refractivity contribution in [2.24, 2.45) is 5.16 Å². The van der Waals surface area contributed by atoms with Crippen molar-refractivity contribution in [1.29, 1.82) is 0 Å². The maximum absolute atomic E-state index is 11.8. The smallest absolute Gasteiger partial charge is 0.321 e. The third kappa shape index (κ3) is 4.02. The highest BCUT2D eigenvalue weighted by Crippen LogP contribution is 2.23. The highest BCUT2D eigenvalue weighted by atomic mass is 16.6. The predicted molar refractivity (Wildman–Crippen MR) is 103 cm³/mol. The summed E-state index contributed by atoms with van der Waals surface area (Å²) in [6, 6.07) is 7.32. The molecule has 0 aliphatic heterocycles. The number of urea groups is 1. The van der Waals surface area contributed by atoms with E-state index >= 15 is 0 Å². The van der Waals surface area contributed by atoms with E-state index < -0.39 is 0 Å². The minimum absolute atomic E-state index is 0.207. The van der Waals surface area contributed by atoms with Crippen LogP contribution < -0.4 is 10.6 Å². The van der Waals surface area contributed by atoms with Gasteiger partial charge in [-0.25, -0.2) is 9.31 Å². The molecule has 0 aliphatic carbocycles. The van der Waals surface area contributed by atoms with E-state index in [1.807, 2.05) is 38.1 Å². The molecule has 3 rings (SSSR count). The third-order valence-electron chi connectivity index (χ3n) is 3.83. The number of fused-ring (bicyclic) bond motifs is 1. The standard InChI is InChI=1S/C18H21N7O2/c1-4-14(24-27-3)15-9-13(12-7-6-8-19-11-12)10-16-21-17(23-25(15)16)22-18(26)20-5-2/h6-11H,4-5H2,1-3H3,(H2,20,22,23,26)/b24-14+. The van der Waals surface area contributed by atoms with Gasteiger partial charge >= 0.3 is 6.03 Å². The van der Waals surface area contributed by atoms with Crippen LogP contribution in [-0.2, 0) is 4.84 Å². The summed E-state index contributed by atoms with van der Waals surface area (Å²) in [5, 5.41) is 13.8. The first-order valence-corrected chi connectivity index (χ1v) is 8.62. The topological polar surface area (TPSA) is 106 Å². The van der Waals surface area contributed by atoms with Crippen LogP contribution in [0.15, 0.2) is 41.8 Å². The van der Waals surface area contributed by atoms with Gasteiger partial charge in [-0.3, -0.25) is 10.3 Å². The van der Waals surface area contributed by atoms with Crippen LogP contribution in [0.3, 0.4) is 0 Å². The molecule has 0 spiro atoms. The Balaban J connectivity index is 2.14. The summed E-state index contributed by atoms with van der Waals surface area (Å²) in [5.74, 6) is 0.207. The summed E-state index contributed by atoms with van der Waals surface area (Å²) in [6.45, 7) is 4.32. The number of rotatable bonds is 6. The van der Waals surface area contributed by atoms with E-state index in [1.54, 1.807) is 16.9 Å². The molecular formula is C18H21N7O2. The van der Waals surface area contributed by atoms with Gasteiger partial charge in [0, 0.05) is 24.5 Å². The molecular weight excluding hydrogens is 346 g/mol. The second-order valence-corrected chi connectivity index (χ2v) is 5.63. The van der Waals surface area contributed by atoms with E-state index in [0.29, 0.717) is 24.3 Å². The Hall–Kier alpha value is -3.49.